The Balaban J connectivity index is 2.91. The topological polar surface area (TPSA) is 91.3 Å². The Bertz CT molecular complexity index is 499. The number of nitrogens with zero attached hydrogens (tertiary/aromatic N) is 1. The van der Waals surface area contributed by atoms with Crippen molar-refractivity contribution in [2.24, 2.45) is 10.7 Å². The molecule has 0 aliphatic heterocycles. The van der Waals surface area contributed by atoms with Crippen LogP contribution in [0.25, 0.3) is 0 Å². The van der Waals surface area contributed by atoms with E-state index in [4.69, 9.17) is 11.1 Å². The maximum atomic E-state index is 13.0. The summed E-state index contributed by atoms with van der Waals surface area (Å²) in [6.45, 7) is 3.33. The molecule has 1 unspecified atom stereocenters. The third kappa shape index (κ3) is 3.82. The first-order chi connectivity index (χ1) is 8.56. The Labute approximate surface area is 104 Å². The molecule has 94 valence electrons. The van der Waals surface area contributed by atoms with Crippen LogP contribution >= 0.6 is 0 Å². The number of alkyl halides is 1. The van der Waals surface area contributed by atoms with Crippen LogP contribution in [0, 0.1) is 5.41 Å². The summed E-state index contributed by atoms with van der Waals surface area (Å²) in [5.74, 6) is -0.663. The maximum absolute atomic E-state index is 13.0. The summed E-state index contributed by atoms with van der Waals surface area (Å²) >= 11 is 0. The Kier molecular flexibility index (Phi) is 4.74. The lowest BCUT2D eigenvalue weighted by Crippen LogP contribution is -2.25. The molecule has 0 aliphatic carbocycles. The molecule has 6 heteroatoms. The zero-order valence-electron chi connectivity index (χ0n) is 9.56. The molecule has 0 saturated heterocycles. The number of halogens is 1. The van der Waals surface area contributed by atoms with Crippen LogP contribution < -0.4 is 11.1 Å². The number of hydrogen-bond donors (Lipinski definition) is 3. The first-order valence-corrected chi connectivity index (χ1v) is 5.09. The van der Waals surface area contributed by atoms with Crippen molar-refractivity contribution in [3.05, 3.63) is 36.9 Å². The van der Waals surface area contributed by atoms with E-state index in [9.17, 15) is 9.18 Å². The number of rotatable bonds is 5. The molecule has 4 N–H and O–H groups in total. The lowest BCUT2D eigenvalue weighted by atomic mass is 10.2. The van der Waals surface area contributed by atoms with Crippen LogP contribution in [-0.2, 0) is 4.79 Å². The number of amides is 1. The zero-order chi connectivity index (χ0) is 13.5. The average molecular weight is 248 g/mol. The number of carbonyl (C=O) groups excluding carboxylic acids is 1. The first kappa shape index (κ1) is 13.6. The Morgan fingerprint density at radius 1 is 1.61 bits per heavy atom. The summed E-state index contributed by atoms with van der Waals surface area (Å²) in [6.07, 6.45) is -0.0181. The number of amidine groups is 1. The number of benzene rings is 1. The standard InChI is InChI=1S/C12H13FN4O/c1-2-11(18)16-8-4-3-5-9(6-8)17-12(15)10(13)7-14/h2-7,10,14H,1H2,(H2,15,17)(H,16,18). The van der Waals surface area contributed by atoms with E-state index < -0.39 is 6.17 Å². The van der Waals surface area contributed by atoms with Gasteiger partial charge in [-0.05, 0) is 24.3 Å². The molecule has 5 nitrogen and oxygen atoms in total. The van der Waals surface area contributed by atoms with Gasteiger partial charge >= 0.3 is 0 Å². The normalized spacial score (nSPS) is 12.6. The fraction of sp³-hybridized carbons (Fsp3) is 0.0833. The second-order valence-electron chi connectivity index (χ2n) is 3.35. The second kappa shape index (κ2) is 6.29. The molecule has 0 bridgehead atoms. The van der Waals surface area contributed by atoms with E-state index in [0.29, 0.717) is 17.6 Å². The average Bonchev–Trinajstić information content (AvgIpc) is 2.37. The summed E-state index contributed by atoms with van der Waals surface area (Å²) in [4.78, 5) is 14.9. The lowest BCUT2D eigenvalue weighted by molar-refractivity contribution is -0.111. The van der Waals surface area contributed by atoms with Crippen LogP contribution in [0.4, 0.5) is 15.8 Å². The van der Waals surface area contributed by atoms with Crippen LogP contribution in [0.2, 0.25) is 0 Å². The molecule has 1 rings (SSSR count). The van der Waals surface area contributed by atoms with Gasteiger partial charge in [-0.25, -0.2) is 9.38 Å². The van der Waals surface area contributed by atoms with Crippen molar-refractivity contribution in [3.63, 3.8) is 0 Å². The monoisotopic (exact) mass is 248 g/mol. The highest BCUT2D eigenvalue weighted by molar-refractivity contribution is 6.00. The number of nitrogens with two attached hydrogens (primary N) is 1. The smallest absolute Gasteiger partial charge is 0.247 e. The van der Waals surface area contributed by atoms with Crippen molar-refractivity contribution < 1.29 is 9.18 Å². The van der Waals surface area contributed by atoms with Crippen molar-refractivity contribution in [1.29, 1.82) is 5.41 Å². The molecule has 1 aromatic carbocycles. The maximum Gasteiger partial charge on any atom is 0.247 e. The number of anilines is 1. The van der Waals surface area contributed by atoms with Crippen LogP contribution in [0.3, 0.4) is 0 Å². The van der Waals surface area contributed by atoms with Crippen LogP contribution in [0.5, 0.6) is 0 Å². The molecular weight excluding hydrogens is 235 g/mol. The van der Waals surface area contributed by atoms with Crippen molar-refractivity contribution in [2.45, 2.75) is 6.17 Å². The fourth-order valence-corrected chi connectivity index (χ4v) is 1.14. The second-order valence-corrected chi connectivity index (χ2v) is 3.35. The Hall–Kier alpha value is -2.50. The summed E-state index contributed by atoms with van der Waals surface area (Å²) in [5.41, 5.74) is 6.24. The minimum atomic E-state index is -1.71. The van der Waals surface area contributed by atoms with Gasteiger partial charge in [0.25, 0.3) is 0 Å². The van der Waals surface area contributed by atoms with Crippen molar-refractivity contribution in [2.75, 3.05) is 5.32 Å². The van der Waals surface area contributed by atoms with E-state index in [-0.39, 0.29) is 11.7 Å². The molecule has 0 saturated carbocycles. The molecule has 0 heterocycles. The number of carbonyl (C=O) groups is 1. The fourth-order valence-electron chi connectivity index (χ4n) is 1.14. The molecule has 0 fully saturated rings. The highest BCUT2D eigenvalue weighted by atomic mass is 19.1. The molecule has 18 heavy (non-hydrogen) atoms. The molecule has 0 spiro atoms. The highest BCUT2D eigenvalue weighted by Gasteiger charge is 2.07. The molecule has 0 aromatic heterocycles. The van der Waals surface area contributed by atoms with Crippen molar-refractivity contribution >= 4 is 29.3 Å². The first-order valence-electron chi connectivity index (χ1n) is 5.09. The molecule has 0 aliphatic rings. The van der Waals surface area contributed by atoms with Crippen LogP contribution in [0.15, 0.2) is 41.9 Å². The van der Waals surface area contributed by atoms with E-state index in [2.05, 4.69) is 16.9 Å². The van der Waals surface area contributed by atoms with Gasteiger partial charge in [0.2, 0.25) is 5.91 Å². The molecule has 1 amide bonds. The third-order valence-electron chi connectivity index (χ3n) is 1.99. The largest absolute Gasteiger partial charge is 0.384 e. The van der Waals surface area contributed by atoms with Crippen molar-refractivity contribution in [1.82, 2.24) is 0 Å². The van der Waals surface area contributed by atoms with Crippen LogP contribution in [0.1, 0.15) is 0 Å². The Morgan fingerprint density at radius 3 is 2.94 bits per heavy atom. The van der Waals surface area contributed by atoms with E-state index in [1.165, 1.54) is 6.07 Å². The van der Waals surface area contributed by atoms with Gasteiger partial charge < -0.3 is 16.5 Å². The van der Waals surface area contributed by atoms with E-state index >= 15 is 0 Å². The van der Waals surface area contributed by atoms with Gasteiger partial charge in [-0.3, -0.25) is 4.79 Å². The third-order valence-corrected chi connectivity index (χ3v) is 1.99. The predicted molar refractivity (Wildman–Crippen MR) is 70.2 cm³/mol. The van der Waals surface area contributed by atoms with Gasteiger partial charge in [0.1, 0.15) is 5.84 Å². The Morgan fingerprint density at radius 2 is 2.33 bits per heavy atom. The van der Waals surface area contributed by atoms with Crippen LogP contribution in [-0.4, -0.2) is 24.1 Å². The number of nitrogens with one attached hydrogen (secondary N) is 2. The van der Waals surface area contributed by atoms with Gasteiger partial charge in [-0.2, -0.15) is 0 Å². The van der Waals surface area contributed by atoms with Gasteiger partial charge in [0, 0.05) is 11.9 Å². The minimum Gasteiger partial charge on any atom is -0.384 e. The van der Waals surface area contributed by atoms with E-state index in [1.807, 2.05) is 0 Å². The summed E-state index contributed by atoms with van der Waals surface area (Å²) in [7, 11) is 0. The molecular formula is C12H13FN4O. The summed E-state index contributed by atoms with van der Waals surface area (Å²) < 4.78 is 13.0. The van der Waals surface area contributed by atoms with Gasteiger partial charge in [0.15, 0.2) is 6.17 Å². The molecule has 1 atom stereocenters. The van der Waals surface area contributed by atoms with E-state index in [0.717, 1.165) is 6.08 Å². The number of hydrogen-bond acceptors (Lipinski definition) is 3. The minimum absolute atomic E-state index is 0.308. The molecule has 0 radical (unpaired) electrons. The number of aliphatic imine (C=N–C) groups is 1. The van der Waals surface area contributed by atoms with E-state index in [1.54, 1.807) is 18.2 Å². The quantitative estimate of drug-likeness (QED) is 0.421. The summed E-state index contributed by atoms with van der Waals surface area (Å²) in [6, 6.07) is 6.43. The lowest BCUT2D eigenvalue weighted by Gasteiger charge is -2.04. The van der Waals surface area contributed by atoms with Crippen molar-refractivity contribution in [3.8, 4) is 0 Å². The predicted octanol–water partition coefficient (Wildman–Crippen LogP) is 1.79. The SMILES string of the molecule is C=CC(=O)Nc1cccc(N=C(N)C(F)C=N)c1. The highest BCUT2D eigenvalue weighted by Crippen LogP contribution is 2.18. The van der Waals surface area contributed by atoms with Gasteiger partial charge in [-0.1, -0.05) is 12.6 Å². The summed E-state index contributed by atoms with van der Waals surface area (Å²) in [5, 5.41) is 9.28. The molecule has 1 aromatic rings. The zero-order valence-corrected chi connectivity index (χ0v) is 9.56. The van der Waals surface area contributed by atoms with Gasteiger partial charge in [-0.15, -0.1) is 0 Å². The van der Waals surface area contributed by atoms with Gasteiger partial charge in [0.05, 0.1) is 5.69 Å².